The molecule has 2 aromatic carbocycles. The van der Waals surface area contributed by atoms with E-state index >= 15 is 0 Å². The van der Waals surface area contributed by atoms with Crippen molar-refractivity contribution in [3.63, 3.8) is 0 Å². The molecule has 1 aliphatic heterocycles. The highest BCUT2D eigenvalue weighted by Gasteiger charge is 2.28. The quantitative estimate of drug-likeness (QED) is 0.729. The molecule has 162 valence electrons. The summed E-state index contributed by atoms with van der Waals surface area (Å²) in [6.07, 6.45) is 0.706. The van der Waals surface area contributed by atoms with Crippen molar-refractivity contribution >= 4 is 15.9 Å². The van der Waals surface area contributed by atoms with Gasteiger partial charge in [-0.1, -0.05) is 25.1 Å². The number of methoxy groups -OCH3 is 1. The van der Waals surface area contributed by atoms with E-state index in [9.17, 15) is 13.2 Å². The van der Waals surface area contributed by atoms with Gasteiger partial charge in [0.2, 0.25) is 10.0 Å². The molecule has 1 aliphatic rings. The van der Waals surface area contributed by atoms with Crippen LogP contribution >= 0.6 is 0 Å². The number of hydrogen-bond donors (Lipinski definition) is 1. The average Bonchev–Trinajstić information content (AvgIpc) is 2.77. The lowest BCUT2D eigenvalue weighted by atomic mass is 10.0. The summed E-state index contributed by atoms with van der Waals surface area (Å²) < 4.78 is 32.7. The molecule has 3 rings (SSSR count). The van der Waals surface area contributed by atoms with Gasteiger partial charge in [0.05, 0.1) is 18.0 Å². The molecule has 0 aliphatic carbocycles. The fourth-order valence-electron chi connectivity index (χ4n) is 3.47. The minimum absolute atomic E-state index is 0.150. The van der Waals surface area contributed by atoms with Crippen molar-refractivity contribution in [2.24, 2.45) is 0 Å². The van der Waals surface area contributed by atoms with Gasteiger partial charge in [-0.2, -0.15) is 4.31 Å². The Kier molecular flexibility index (Phi) is 7.12. The number of benzene rings is 2. The first-order chi connectivity index (χ1) is 14.3. The molecule has 30 heavy (non-hydrogen) atoms. The Morgan fingerprint density at radius 1 is 1.10 bits per heavy atom. The predicted molar refractivity (Wildman–Crippen MR) is 116 cm³/mol. The van der Waals surface area contributed by atoms with E-state index in [0.717, 1.165) is 11.3 Å². The van der Waals surface area contributed by atoms with Crippen molar-refractivity contribution in [1.82, 2.24) is 14.5 Å². The van der Waals surface area contributed by atoms with E-state index in [-0.39, 0.29) is 16.8 Å². The molecule has 0 radical (unpaired) electrons. The molecule has 0 unspecified atom stereocenters. The molecule has 1 fully saturated rings. The third-order valence-electron chi connectivity index (χ3n) is 5.43. The number of piperazine rings is 1. The molecule has 0 aromatic heterocycles. The van der Waals surface area contributed by atoms with Crippen LogP contribution in [0.15, 0.2) is 53.4 Å². The van der Waals surface area contributed by atoms with Crippen LogP contribution < -0.4 is 10.1 Å². The zero-order valence-corrected chi connectivity index (χ0v) is 18.5. The van der Waals surface area contributed by atoms with E-state index in [0.29, 0.717) is 38.2 Å². The molecular weight excluding hydrogens is 402 g/mol. The van der Waals surface area contributed by atoms with Crippen LogP contribution in [-0.4, -0.2) is 63.9 Å². The van der Waals surface area contributed by atoms with Crippen molar-refractivity contribution in [1.29, 1.82) is 0 Å². The Bertz CT molecular complexity index is 968. The number of carbonyl (C=O) groups is 1. The van der Waals surface area contributed by atoms with Crippen molar-refractivity contribution < 1.29 is 17.9 Å². The van der Waals surface area contributed by atoms with E-state index in [1.807, 2.05) is 38.2 Å². The molecule has 1 heterocycles. The summed E-state index contributed by atoms with van der Waals surface area (Å²) in [6.45, 7) is 4.28. The maximum atomic E-state index is 13.0. The fraction of sp³-hybridized carbons (Fsp3) is 0.409. The van der Waals surface area contributed by atoms with Crippen molar-refractivity contribution in [2.45, 2.75) is 24.3 Å². The SMILES string of the molecule is CC[C@@H](NC(=O)c1cccc(S(=O)(=O)N2CCN(C)CC2)c1)c1ccc(OC)cc1. The topological polar surface area (TPSA) is 79.0 Å². The summed E-state index contributed by atoms with van der Waals surface area (Å²) >= 11 is 0. The summed E-state index contributed by atoms with van der Waals surface area (Å²) in [5.41, 5.74) is 1.30. The number of amides is 1. The Labute approximate surface area is 178 Å². The standard InChI is InChI=1S/C22H29N3O4S/c1-4-21(17-8-10-19(29-3)11-9-17)23-22(26)18-6-5-7-20(16-18)30(27,28)25-14-12-24(2)13-15-25/h5-11,16,21H,4,12-15H2,1-3H3,(H,23,26)/t21-/m1/s1. The Morgan fingerprint density at radius 3 is 2.37 bits per heavy atom. The van der Waals surface area contributed by atoms with Crippen LogP contribution in [0.4, 0.5) is 0 Å². The molecule has 8 heteroatoms. The van der Waals surface area contributed by atoms with Crippen molar-refractivity contribution in [3.05, 3.63) is 59.7 Å². The molecule has 7 nitrogen and oxygen atoms in total. The molecule has 0 spiro atoms. The van der Waals surface area contributed by atoms with Gasteiger partial charge in [-0.05, 0) is 49.4 Å². The molecule has 1 saturated heterocycles. The normalized spacial score (nSPS) is 16.8. The van der Waals surface area contributed by atoms with Crippen molar-refractivity contribution in [3.8, 4) is 5.75 Å². The summed E-state index contributed by atoms with van der Waals surface area (Å²) in [5.74, 6) is 0.454. The lowest BCUT2D eigenvalue weighted by molar-refractivity contribution is 0.0935. The van der Waals surface area contributed by atoms with E-state index in [1.165, 1.54) is 10.4 Å². The van der Waals surface area contributed by atoms with Gasteiger partial charge in [0.25, 0.3) is 5.91 Å². The molecule has 1 N–H and O–H groups in total. The first-order valence-corrected chi connectivity index (χ1v) is 11.5. The monoisotopic (exact) mass is 431 g/mol. The minimum atomic E-state index is -3.62. The molecule has 1 atom stereocenters. The van der Waals surface area contributed by atoms with Gasteiger partial charge in [-0.15, -0.1) is 0 Å². The number of likely N-dealkylation sites (N-methyl/N-ethyl adjacent to an activating group) is 1. The van der Waals surface area contributed by atoms with Gasteiger partial charge in [0.15, 0.2) is 0 Å². The Hall–Kier alpha value is -2.42. The summed E-state index contributed by atoms with van der Waals surface area (Å²) in [6, 6.07) is 13.6. The first-order valence-electron chi connectivity index (χ1n) is 10.1. The number of ether oxygens (including phenoxy) is 1. The lowest BCUT2D eigenvalue weighted by Gasteiger charge is -2.31. The van der Waals surface area contributed by atoms with E-state index in [1.54, 1.807) is 25.3 Å². The molecule has 1 amide bonds. The lowest BCUT2D eigenvalue weighted by Crippen LogP contribution is -2.47. The largest absolute Gasteiger partial charge is 0.497 e. The van der Waals surface area contributed by atoms with E-state index in [4.69, 9.17) is 4.74 Å². The number of rotatable bonds is 7. The second-order valence-electron chi connectivity index (χ2n) is 7.44. The van der Waals surface area contributed by atoms with Crippen molar-refractivity contribution in [2.75, 3.05) is 40.3 Å². The van der Waals surface area contributed by atoms with Gasteiger partial charge in [0, 0.05) is 31.7 Å². The molecular formula is C22H29N3O4S. The maximum Gasteiger partial charge on any atom is 0.251 e. The summed E-state index contributed by atoms with van der Waals surface area (Å²) in [5, 5.41) is 3.01. The number of hydrogen-bond acceptors (Lipinski definition) is 5. The molecule has 2 aromatic rings. The van der Waals surface area contributed by atoms with Crippen LogP contribution in [-0.2, 0) is 10.0 Å². The Balaban J connectivity index is 1.76. The van der Waals surface area contributed by atoms with Crippen LogP contribution in [0.3, 0.4) is 0 Å². The Morgan fingerprint density at radius 2 is 1.77 bits per heavy atom. The molecule has 0 saturated carbocycles. The highest BCUT2D eigenvalue weighted by Crippen LogP contribution is 2.22. The number of carbonyl (C=O) groups excluding carboxylic acids is 1. The smallest absolute Gasteiger partial charge is 0.251 e. The highest BCUT2D eigenvalue weighted by atomic mass is 32.2. The highest BCUT2D eigenvalue weighted by molar-refractivity contribution is 7.89. The van der Waals surface area contributed by atoms with Gasteiger partial charge >= 0.3 is 0 Å². The third-order valence-corrected chi connectivity index (χ3v) is 7.32. The zero-order valence-electron chi connectivity index (χ0n) is 17.7. The van der Waals surface area contributed by atoms with Gasteiger partial charge in [-0.3, -0.25) is 4.79 Å². The number of sulfonamides is 1. The van der Waals surface area contributed by atoms with Crippen LogP contribution in [0, 0.1) is 0 Å². The second kappa shape index (κ2) is 9.59. The second-order valence-corrected chi connectivity index (χ2v) is 9.38. The van der Waals surface area contributed by atoms with Crippen LogP contribution in [0.5, 0.6) is 5.75 Å². The van der Waals surface area contributed by atoms with E-state index in [2.05, 4.69) is 10.2 Å². The van der Waals surface area contributed by atoms with Gasteiger partial charge < -0.3 is 15.0 Å². The summed E-state index contributed by atoms with van der Waals surface area (Å²) in [7, 11) is -0.0401. The predicted octanol–water partition coefficient (Wildman–Crippen LogP) is 2.51. The van der Waals surface area contributed by atoms with Crippen LogP contribution in [0.2, 0.25) is 0 Å². The van der Waals surface area contributed by atoms with Gasteiger partial charge in [-0.25, -0.2) is 8.42 Å². The summed E-state index contributed by atoms with van der Waals surface area (Å²) in [4.78, 5) is 15.1. The minimum Gasteiger partial charge on any atom is -0.497 e. The third kappa shape index (κ3) is 5.00. The van der Waals surface area contributed by atoms with Crippen LogP contribution in [0.1, 0.15) is 35.3 Å². The van der Waals surface area contributed by atoms with Gasteiger partial charge in [0.1, 0.15) is 5.75 Å². The van der Waals surface area contributed by atoms with E-state index < -0.39 is 10.0 Å². The maximum absolute atomic E-state index is 13.0. The number of nitrogens with one attached hydrogen (secondary N) is 1. The molecule has 0 bridgehead atoms. The first kappa shape index (κ1) is 22.3. The fourth-order valence-corrected chi connectivity index (χ4v) is 4.94. The number of nitrogens with zero attached hydrogens (tertiary/aromatic N) is 2. The average molecular weight is 432 g/mol. The van der Waals surface area contributed by atoms with Crippen LogP contribution in [0.25, 0.3) is 0 Å². The zero-order chi connectivity index (χ0) is 21.7.